The van der Waals surface area contributed by atoms with E-state index in [9.17, 15) is 4.79 Å². The molecule has 3 rings (SSSR count). The Bertz CT molecular complexity index is 632. The molecular weight excluding hydrogens is 336 g/mol. The predicted octanol–water partition coefficient (Wildman–Crippen LogP) is 2.76. The lowest BCUT2D eigenvalue weighted by molar-refractivity contribution is 0.0205. The third-order valence-corrected chi connectivity index (χ3v) is 5.65. The van der Waals surface area contributed by atoms with Gasteiger partial charge in [0, 0.05) is 18.1 Å². The van der Waals surface area contributed by atoms with Gasteiger partial charge in [0.25, 0.3) is 0 Å². The molecule has 1 heterocycles. The first kappa shape index (κ1) is 18.6. The topological polar surface area (TPSA) is 38.8 Å². The number of carbonyl (C=O) groups is 1. The highest BCUT2D eigenvalue weighted by atomic mass is 35.5. The monoisotopic (exact) mass is 363 g/mol. The number of halogens is 1. The lowest BCUT2D eigenvalue weighted by Gasteiger charge is -2.25. The zero-order chi connectivity index (χ0) is 18.2. The zero-order valence-corrected chi connectivity index (χ0v) is 16.3. The number of rotatable bonds is 3. The fourth-order valence-electron chi connectivity index (χ4n) is 3.88. The first-order valence-corrected chi connectivity index (χ1v) is 9.44. The van der Waals surface area contributed by atoms with Crippen LogP contribution in [0, 0.1) is 11.8 Å². The molecule has 1 saturated heterocycles. The van der Waals surface area contributed by atoms with E-state index < -0.39 is 5.60 Å². The van der Waals surface area contributed by atoms with Gasteiger partial charge in [0.1, 0.15) is 13.4 Å². The highest BCUT2D eigenvalue weighted by Gasteiger charge is 2.43. The zero-order valence-electron chi connectivity index (χ0n) is 15.5. The van der Waals surface area contributed by atoms with Crippen molar-refractivity contribution < 1.29 is 14.3 Å². The number of fused-ring (bicyclic) bond motifs is 1. The van der Waals surface area contributed by atoms with Crippen molar-refractivity contribution in [3.63, 3.8) is 0 Å². The third-order valence-electron chi connectivity index (χ3n) is 5.11. The van der Waals surface area contributed by atoms with Crippen molar-refractivity contribution in [2.24, 2.45) is 11.8 Å². The van der Waals surface area contributed by atoms with Crippen LogP contribution in [0.3, 0.4) is 0 Å². The van der Waals surface area contributed by atoms with Crippen LogP contribution < -0.4 is 5.46 Å². The number of carbonyl (C=O) groups excluding carboxylic acids is 1. The van der Waals surface area contributed by atoms with Gasteiger partial charge in [0.05, 0.1) is 12.7 Å². The first-order chi connectivity index (χ1) is 11.7. The Labute approximate surface area is 156 Å². The molecule has 1 aromatic rings. The van der Waals surface area contributed by atoms with Crippen LogP contribution in [-0.2, 0) is 16.1 Å². The maximum absolute atomic E-state index is 12.2. The van der Waals surface area contributed by atoms with E-state index in [4.69, 9.17) is 21.1 Å². The molecule has 0 aromatic heterocycles. The van der Waals surface area contributed by atoms with Crippen LogP contribution in [0.25, 0.3) is 0 Å². The number of likely N-dealkylation sites (tertiary alicyclic amines) is 1. The maximum Gasteiger partial charge on any atom is 0.410 e. The number of nitrogens with zero attached hydrogens (tertiary/aromatic N) is 1. The smallest absolute Gasteiger partial charge is 0.410 e. The van der Waals surface area contributed by atoms with E-state index in [2.05, 4.69) is 0 Å². The van der Waals surface area contributed by atoms with Gasteiger partial charge in [-0.3, -0.25) is 0 Å². The average molecular weight is 364 g/mol. The van der Waals surface area contributed by atoms with Crippen molar-refractivity contribution >= 4 is 31.0 Å². The van der Waals surface area contributed by atoms with Gasteiger partial charge in [-0.15, -0.1) is 0 Å². The summed E-state index contributed by atoms with van der Waals surface area (Å²) in [5.74, 6) is 1.04. The van der Waals surface area contributed by atoms with Gasteiger partial charge < -0.3 is 14.4 Å². The molecule has 0 radical (unpaired) electrons. The van der Waals surface area contributed by atoms with E-state index in [0.717, 1.165) is 42.0 Å². The van der Waals surface area contributed by atoms with Crippen LogP contribution in [0.1, 0.15) is 39.2 Å². The van der Waals surface area contributed by atoms with Crippen molar-refractivity contribution in [2.45, 2.75) is 51.9 Å². The second kappa shape index (κ2) is 7.20. The second-order valence-electron chi connectivity index (χ2n) is 8.36. The van der Waals surface area contributed by atoms with Crippen LogP contribution in [-0.4, -0.2) is 43.6 Å². The standard InChI is InChI=1S/C19H27BClNO3/c1-19(2,3)25-18(23)22-9-13-7-15(8-14(13)10-22)24-11-12-5-4-6-16(20)17(12)21/h4-6,13-15H,7-11,20H2,1-3H3/t13-,14+,15+. The summed E-state index contributed by atoms with van der Waals surface area (Å²) in [7, 11) is 2.01. The molecule has 1 saturated carbocycles. The van der Waals surface area contributed by atoms with Gasteiger partial charge in [0.15, 0.2) is 0 Å². The summed E-state index contributed by atoms with van der Waals surface area (Å²) in [6.45, 7) is 7.84. The van der Waals surface area contributed by atoms with Gasteiger partial charge in [-0.25, -0.2) is 4.79 Å². The fraction of sp³-hybridized carbons (Fsp3) is 0.632. The molecule has 1 aliphatic heterocycles. The summed E-state index contributed by atoms with van der Waals surface area (Å²) in [6.07, 6.45) is 2.08. The summed E-state index contributed by atoms with van der Waals surface area (Å²) < 4.78 is 11.6. The largest absolute Gasteiger partial charge is 0.444 e. The number of benzene rings is 1. The Morgan fingerprint density at radius 3 is 2.52 bits per heavy atom. The molecule has 136 valence electrons. The lowest BCUT2D eigenvalue weighted by atomic mass is 9.94. The molecule has 2 fully saturated rings. The van der Waals surface area contributed by atoms with Crippen LogP contribution in [0.2, 0.25) is 5.02 Å². The van der Waals surface area contributed by atoms with Gasteiger partial charge in [0.2, 0.25) is 0 Å². The Morgan fingerprint density at radius 1 is 1.28 bits per heavy atom. The highest BCUT2D eigenvalue weighted by molar-refractivity contribution is 6.45. The van der Waals surface area contributed by atoms with Gasteiger partial charge in [-0.2, -0.15) is 0 Å². The normalized spacial score (nSPS) is 25.9. The summed E-state index contributed by atoms with van der Waals surface area (Å²) in [4.78, 5) is 14.1. The summed E-state index contributed by atoms with van der Waals surface area (Å²) in [6, 6.07) is 6.05. The molecule has 3 atom stereocenters. The Kier molecular flexibility index (Phi) is 5.35. The summed E-state index contributed by atoms with van der Waals surface area (Å²) >= 11 is 6.34. The summed E-state index contributed by atoms with van der Waals surface area (Å²) in [5, 5.41) is 0.803. The molecule has 0 unspecified atom stereocenters. The van der Waals surface area contributed by atoms with Crippen LogP contribution in [0.5, 0.6) is 0 Å². The van der Waals surface area contributed by atoms with Crippen molar-refractivity contribution in [2.75, 3.05) is 13.1 Å². The number of hydrogen-bond acceptors (Lipinski definition) is 3. The molecule has 0 spiro atoms. The first-order valence-electron chi connectivity index (χ1n) is 9.06. The summed E-state index contributed by atoms with van der Waals surface area (Å²) in [5.41, 5.74) is 1.70. The molecule has 0 N–H and O–H groups in total. The minimum atomic E-state index is -0.437. The fourth-order valence-corrected chi connectivity index (χ4v) is 4.06. The molecule has 0 bridgehead atoms. The highest BCUT2D eigenvalue weighted by Crippen LogP contribution is 2.40. The van der Waals surface area contributed by atoms with E-state index in [1.165, 1.54) is 0 Å². The Balaban J connectivity index is 1.48. The van der Waals surface area contributed by atoms with E-state index in [0.29, 0.717) is 18.4 Å². The third kappa shape index (κ3) is 4.51. The number of hydrogen-bond donors (Lipinski definition) is 0. The SMILES string of the molecule is Bc1cccc(CO[C@H]2C[C@@H]3CN(C(=O)OC(C)(C)C)C[C@@H]3C2)c1Cl. The second-order valence-corrected chi connectivity index (χ2v) is 8.74. The molecule has 2 aliphatic rings. The minimum absolute atomic E-state index is 0.189. The maximum atomic E-state index is 12.2. The van der Waals surface area contributed by atoms with Gasteiger partial charge >= 0.3 is 6.09 Å². The van der Waals surface area contributed by atoms with E-state index >= 15 is 0 Å². The van der Waals surface area contributed by atoms with Crippen LogP contribution in [0.15, 0.2) is 18.2 Å². The number of ether oxygens (including phenoxy) is 2. The van der Waals surface area contributed by atoms with E-state index in [-0.39, 0.29) is 12.2 Å². The molecule has 4 nitrogen and oxygen atoms in total. The molecule has 1 amide bonds. The van der Waals surface area contributed by atoms with Crippen molar-refractivity contribution in [3.05, 3.63) is 28.8 Å². The van der Waals surface area contributed by atoms with Crippen LogP contribution >= 0.6 is 11.6 Å². The van der Waals surface area contributed by atoms with Gasteiger partial charge in [-0.05, 0) is 51.0 Å². The van der Waals surface area contributed by atoms with Crippen molar-refractivity contribution in [3.8, 4) is 0 Å². The van der Waals surface area contributed by atoms with E-state index in [1.54, 1.807) is 0 Å². The average Bonchev–Trinajstić information content (AvgIpc) is 3.05. The molecule has 1 aliphatic carbocycles. The Hall–Kier alpha value is -1.20. The minimum Gasteiger partial charge on any atom is -0.444 e. The van der Waals surface area contributed by atoms with Gasteiger partial charge in [-0.1, -0.05) is 35.3 Å². The number of amides is 1. The van der Waals surface area contributed by atoms with Crippen molar-refractivity contribution in [1.29, 1.82) is 0 Å². The molecule has 1 aromatic carbocycles. The molecule has 25 heavy (non-hydrogen) atoms. The Morgan fingerprint density at radius 2 is 1.92 bits per heavy atom. The predicted molar refractivity (Wildman–Crippen MR) is 102 cm³/mol. The molecule has 6 heteroatoms. The quantitative estimate of drug-likeness (QED) is 0.775. The molecular formula is C19H27BClNO3. The lowest BCUT2D eigenvalue weighted by Crippen LogP contribution is -2.36. The van der Waals surface area contributed by atoms with Crippen molar-refractivity contribution in [1.82, 2.24) is 4.90 Å². The van der Waals surface area contributed by atoms with Crippen LogP contribution in [0.4, 0.5) is 4.79 Å². The van der Waals surface area contributed by atoms with E-state index in [1.807, 2.05) is 51.7 Å².